The Kier molecular flexibility index (Phi) is 6.32. The number of aromatic nitrogens is 2. The molecule has 1 amide bonds. The highest BCUT2D eigenvalue weighted by Crippen LogP contribution is 2.26. The van der Waals surface area contributed by atoms with Gasteiger partial charge < -0.3 is 4.90 Å². The summed E-state index contributed by atoms with van der Waals surface area (Å²) in [5, 5.41) is 6.59. The summed E-state index contributed by atoms with van der Waals surface area (Å²) >= 11 is 9.14. The number of benzene rings is 2. The molecule has 8 heteroatoms. The van der Waals surface area contributed by atoms with E-state index >= 15 is 0 Å². The fourth-order valence-corrected chi connectivity index (χ4v) is 5.43. The van der Waals surface area contributed by atoms with Crippen LogP contribution in [0.5, 0.6) is 0 Å². The number of thiazole rings is 2. The third kappa shape index (κ3) is 4.76. The van der Waals surface area contributed by atoms with Crippen molar-refractivity contribution >= 4 is 40.2 Å². The Morgan fingerprint density at radius 2 is 1.50 bits per heavy atom. The van der Waals surface area contributed by atoms with E-state index in [0.717, 1.165) is 51.5 Å². The number of nitrogens with zero attached hydrogens (tertiary/aromatic N) is 4. The lowest BCUT2D eigenvalue weighted by molar-refractivity contribution is 0.0622. The van der Waals surface area contributed by atoms with Gasteiger partial charge in [-0.15, -0.1) is 22.7 Å². The van der Waals surface area contributed by atoms with Gasteiger partial charge in [0.25, 0.3) is 5.91 Å². The number of carbonyl (C=O) groups excluding carboxylic acids is 1. The second-order valence-electron chi connectivity index (χ2n) is 7.62. The maximum absolute atomic E-state index is 12.9. The highest BCUT2D eigenvalue weighted by molar-refractivity contribution is 7.13. The molecule has 3 heterocycles. The molecule has 5 nitrogen and oxygen atoms in total. The van der Waals surface area contributed by atoms with Crippen LogP contribution in [0.1, 0.15) is 16.2 Å². The molecule has 0 N–H and O–H groups in total. The Morgan fingerprint density at radius 3 is 2.25 bits per heavy atom. The van der Waals surface area contributed by atoms with Crippen molar-refractivity contribution in [1.29, 1.82) is 0 Å². The Labute approximate surface area is 199 Å². The molecule has 0 unspecified atom stereocenters. The van der Waals surface area contributed by atoms with E-state index in [1.165, 1.54) is 11.3 Å². The van der Waals surface area contributed by atoms with Crippen molar-refractivity contribution in [2.24, 2.45) is 0 Å². The number of hydrogen-bond acceptors (Lipinski definition) is 6. The first kappa shape index (κ1) is 21.3. The Hall–Kier alpha value is -2.58. The quantitative estimate of drug-likeness (QED) is 0.376. The molecule has 2 aromatic heterocycles. The van der Waals surface area contributed by atoms with E-state index in [9.17, 15) is 4.79 Å². The van der Waals surface area contributed by atoms with Crippen molar-refractivity contribution in [3.8, 4) is 21.1 Å². The number of carbonyl (C=O) groups is 1. The molecular weight excluding hydrogens is 460 g/mol. The summed E-state index contributed by atoms with van der Waals surface area (Å²) in [5.41, 5.74) is 3.72. The van der Waals surface area contributed by atoms with Crippen LogP contribution in [0.25, 0.3) is 21.1 Å². The van der Waals surface area contributed by atoms with Gasteiger partial charge in [-0.25, -0.2) is 9.97 Å². The second-order valence-corrected chi connectivity index (χ2v) is 9.78. The molecule has 0 radical (unpaired) electrons. The van der Waals surface area contributed by atoms with Crippen LogP contribution in [0, 0.1) is 0 Å². The predicted octanol–water partition coefficient (Wildman–Crippen LogP) is 5.55. The van der Waals surface area contributed by atoms with E-state index in [2.05, 4.69) is 15.3 Å². The fraction of sp³-hybridized carbons (Fsp3) is 0.208. The summed E-state index contributed by atoms with van der Waals surface area (Å²) < 4.78 is 0. The maximum Gasteiger partial charge on any atom is 0.273 e. The van der Waals surface area contributed by atoms with Crippen molar-refractivity contribution in [3.05, 3.63) is 81.8 Å². The molecule has 1 fully saturated rings. The van der Waals surface area contributed by atoms with Crippen molar-refractivity contribution < 1.29 is 4.79 Å². The van der Waals surface area contributed by atoms with Crippen LogP contribution in [0.15, 0.2) is 65.4 Å². The van der Waals surface area contributed by atoms with Crippen LogP contribution in [0.3, 0.4) is 0 Å². The van der Waals surface area contributed by atoms with Crippen LogP contribution in [0.4, 0.5) is 0 Å². The largest absolute Gasteiger partial charge is 0.335 e. The van der Waals surface area contributed by atoms with E-state index < -0.39 is 0 Å². The maximum atomic E-state index is 12.9. The van der Waals surface area contributed by atoms with E-state index in [-0.39, 0.29) is 5.91 Å². The van der Waals surface area contributed by atoms with Gasteiger partial charge in [0.15, 0.2) is 0 Å². The molecule has 5 rings (SSSR count). The first-order valence-electron chi connectivity index (χ1n) is 10.4. The SMILES string of the molecule is O=C(c1csc(-c2ccccc2)n1)N1CCN(Cc2csc(-c3ccc(Cl)cc3)n2)CC1. The smallest absolute Gasteiger partial charge is 0.273 e. The van der Waals surface area contributed by atoms with Crippen LogP contribution in [-0.4, -0.2) is 51.9 Å². The summed E-state index contributed by atoms with van der Waals surface area (Å²) in [6.07, 6.45) is 0. The molecule has 1 saturated heterocycles. The summed E-state index contributed by atoms with van der Waals surface area (Å²) in [4.78, 5) is 26.5. The lowest BCUT2D eigenvalue weighted by atomic mass is 10.2. The third-order valence-electron chi connectivity index (χ3n) is 5.43. The van der Waals surface area contributed by atoms with E-state index in [1.54, 1.807) is 11.3 Å². The molecule has 32 heavy (non-hydrogen) atoms. The number of rotatable bonds is 5. The third-order valence-corrected chi connectivity index (χ3v) is 7.52. The van der Waals surface area contributed by atoms with Crippen molar-refractivity contribution in [3.63, 3.8) is 0 Å². The first-order valence-corrected chi connectivity index (χ1v) is 12.5. The van der Waals surface area contributed by atoms with Gasteiger partial charge in [0.05, 0.1) is 5.69 Å². The molecule has 162 valence electrons. The molecule has 2 aromatic carbocycles. The van der Waals surface area contributed by atoms with Crippen molar-refractivity contribution in [1.82, 2.24) is 19.8 Å². The molecule has 4 aromatic rings. The zero-order chi connectivity index (χ0) is 21.9. The highest BCUT2D eigenvalue weighted by Gasteiger charge is 2.24. The standard InChI is InChI=1S/C24H21ClN4OS2/c25-19-8-6-18(7-9-19)22-26-20(15-31-22)14-28-10-12-29(13-11-28)24(30)21-16-32-23(27-21)17-4-2-1-3-5-17/h1-9,15-16H,10-14H2. The highest BCUT2D eigenvalue weighted by atomic mass is 35.5. The molecule has 1 aliphatic heterocycles. The van der Waals surface area contributed by atoms with E-state index in [1.807, 2.05) is 64.9 Å². The van der Waals surface area contributed by atoms with Gasteiger partial charge in [-0.2, -0.15) is 0 Å². The van der Waals surface area contributed by atoms with Gasteiger partial charge in [0.2, 0.25) is 0 Å². The minimum atomic E-state index is 0.0155. The summed E-state index contributed by atoms with van der Waals surface area (Å²) in [7, 11) is 0. The fourth-order valence-electron chi connectivity index (χ4n) is 3.69. The number of hydrogen-bond donors (Lipinski definition) is 0. The van der Waals surface area contributed by atoms with Gasteiger partial charge in [-0.1, -0.05) is 54.1 Å². The summed E-state index contributed by atoms with van der Waals surface area (Å²) in [6, 6.07) is 17.8. The first-order chi connectivity index (χ1) is 15.7. The number of amides is 1. The monoisotopic (exact) mass is 480 g/mol. The van der Waals surface area contributed by atoms with E-state index in [0.29, 0.717) is 18.8 Å². The average molecular weight is 481 g/mol. The minimum absolute atomic E-state index is 0.0155. The summed E-state index contributed by atoms with van der Waals surface area (Å²) in [5.74, 6) is 0.0155. The van der Waals surface area contributed by atoms with Crippen LogP contribution in [-0.2, 0) is 6.54 Å². The molecule has 0 aliphatic carbocycles. The van der Waals surface area contributed by atoms with Gasteiger partial charge in [-0.05, 0) is 12.1 Å². The zero-order valence-corrected chi connectivity index (χ0v) is 19.7. The molecule has 0 atom stereocenters. The van der Waals surface area contributed by atoms with Gasteiger partial charge in [0.1, 0.15) is 15.7 Å². The average Bonchev–Trinajstić information content (AvgIpc) is 3.51. The number of halogens is 1. The van der Waals surface area contributed by atoms with E-state index in [4.69, 9.17) is 16.6 Å². The lowest BCUT2D eigenvalue weighted by Gasteiger charge is -2.34. The Morgan fingerprint density at radius 1 is 0.844 bits per heavy atom. The second kappa shape index (κ2) is 9.50. The molecular formula is C24H21ClN4OS2. The minimum Gasteiger partial charge on any atom is -0.335 e. The zero-order valence-electron chi connectivity index (χ0n) is 17.3. The van der Waals surface area contributed by atoms with Gasteiger partial charge in [0, 0.05) is 59.6 Å². The molecule has 0 spiro atoms. The molecule has 0 bridgehead atoms. The normalized spacial score (nSPS) is 14.6. The molecule has 1 aliphatic rings. The van der Waals surface area contributed by atoms with Crippen LogP contribution in [0.2, 0.25) is 5.02 Å². The van der Waals surface area contributed by atoms with Gasteiger partial charge >= 0.3 is 0 Å². The van der Waals surface area contributed by atoms with Crippen molar-refractivity contribution in [2.75, 3.05) is 26.2 Å². The summed E-state index contributed by atoms with van der Waals surface area (Å²) in [6.45, 7) is 3.85. The predicted molar refractivity (Wildman–Crippen MR) is 131 cm³/mol. The molecule has 0 saturated carbocycles. The Balaban J connectivity index is 1.17. The Bertz CT molecular complexity index is 1200. The van der Waals surface area contributed by atoms with Gasteiger partial charge in [-0.3, -0.25) is 9.69 Å². The van der Waals surface area contributed by atoms with Crippen LogP contribution >= 0.6 is 34.3 Å². The lowest BCUT2D eigenvalue weighted by Crippen LogP contribution is -2.48. The van der Waals surface area contributed by atoms with Crippen LogP contribution < -0.4 is 0 Å². The number of piperazine rings is 1. The topological polar surface area (TPSA) is 49.3 Å². The van der Waals surface area contributed by atoms with Crippen molar-refractivity contribution in [2.45, 2.75) is 6.54 Å².